The van der Waals surface area contributed by atoms with Crippen molar-refractivity contribution in [2.45, 2.75) is 33.6 Å². The Bertz CT molecular complexity index is 782. The predicted octanol–water partition coefficient (Wildman–Crippen LogP) is 3.66. The topological polar surface area (TPSA) is 35.5 Å². The summed E-state index contributed by atoms with van der Waals surface area (Å²) < 4.78 is 0. The zero-order valence-electron chi connectivity index (χ0n) is 16.9. The van der Waals surface area contributed by atoms with Gasteiger partial charge in [-0.3, -0.25) is 0 Å². The summed E-state index contributed by atoms with van der Waals surface area (Å²) in [5, 5.41) is 0. The van der Waals surface area contributed by atoms with E-state index in [2.05, 4.69) is 65.8 Å². The van der Waals surface area contributed by atoms with Crippen LogP contribution in [0.2, 0.25) is 0 Å². The SMILES string of the molecule is Cc1cccc(N2CCN(c3cc(C)nc(N4CCCC(C)C4)n3)CC2)c1. The molecule has 5 nitrogen and oxygen atoms in total. The molecule has 1 aromatic heterocycles. The van der Waals surface area contributed by atoms with E-state index >= 15 is 0 Å². The summed E-state index contributed by atoms with van der Waals surface area (Å²) in [6, 6.07) is 10.9. The van der Waals surface area contributed by atoms with E-state index in [1.54, 1.807) is 0 Å². The number of rotatable bonds is 3. The number of anilines is 3. The molecule has 0 aliphatic carbocycles. The number of piperidine rings is 1. The monoisotopic (exact) mass is 365 g/mol. The molecule has 0 spiro atoms. The zero-order chi connectivity index (χ0) is 18.8. The van der Waals surface area contributed by atoms with Crippen LogP contribution in [-0.2, 0) is 0 Å². The van der Waals surface area contributed by atoms with Gasteiger partial charge >= 0.3 is 0 Å². The highest BCUT2D eigenvalue weighted by atomic mass is 15.3. The molecule has 1 unspecified atom stereocenters. The maximum atomic E-state index is 4.95. The first-order valence-electron chi connectivity index (χ1n) is 10.3. The molecule has 4 rings (SSSR count). The lowest BCUT2D eigenvalue weighted by Gasteiger charge is -2.37. The Morgan fingerprint density at radius 2 is 1.67 bits per heavy atom. The molecular weight excluding hydrogens is 334 g/mol. The van der Waals surface area contributed by atoms with Crippen molar-refractivity contribution in [1.82, 2.24) is 9.97 Å². The Morgan fingerprint density at radius 3 is 2.41 bits per heavy atom. The lowest BCUT2D eigenvalue weighted by molar-refractivity contribution is 0.441. The number of aryl methyl sites for hydroxylation is 2. The van der Waals surface area contributed by atoms with Gasteiger partial charge in [-0.05, 0) is 50.3 Å². The van der Waals surface area contributed by atoms with Crippen LogP contribution in [0.5, 0.6) is 0 Å². The number of hydrogen-bond acceptors (Lipinski definition) is 5. The summed E-state index contributed by atoms with van der Waals surface area (Å²) in [5.41, 5.74) is 3.72. The first-order chi connectivity index (χ1) is 13.1. The second-order valence-electron chi connectivity index (χ2n) is 8.17. The van der Waals surface area contributed by atoms with E-state index in [-0.39, 0.29) is 0 Å². The van der Waals surface area contributed by atoms with E-state index in [1.807, 2.05) is 0 Å². The van der Waals surface area contributed by atoms with Crippen molar-refractivity contribution in [3.63, 3.8) is 0 Å². The van der Waals surface area contributed by atoms with Crippen LogP contribution >= 0.6 is 0 Å². The molecule has 0 saturated carbocycles. The van der Waals surface area contributed by atoms with Crippen LogP contribution in [-0.4, -0.2) is 49.2 Å². The van der Waals surface area contributed by atoms with Crippen molar-refractivity contribution in [3.8, 4) is 0 Å². The minimum Gasteiger partial charge on any atom is -0.368 e. The van der Waals surface area contributed by atoms with Gasteiger partial charge in [0.2, 0.25) is 5.95 Å². The third-order valence-corrected chi connectivity index (χ3v) is 5.74. The van der Waals surface area contributed by atoms with Gasteiger partial charge in [0.25, 0.3) is 0 Å². The highest BCUT2D eigenvalue weighted by Gasteiger charge is 2.22. The average Bonchev–Trinajstić information content (AvgIpc) is 2.68. The molecule has 3 heterocycles. The molecule has 2 saturated heterocycles. The number of hydrogen-bond donors (Lipinski definition) is 0. The quantitative estimate of drug-likeness (QED) is 0.829. The summed E-state index contributed by atoms with van der Waals surface area (Å²) in [6.07, 6.45) is 2.55. The lowest BCUT2D eigenvalue weighted by Crippen LogP contribution is -2.47. The van der Waals surface area contributed by atoms with Crippen LogP contribution in [0.3, 0.4) is 0 Å². The van der Waals surface area contributed by atoms with Gasteiger partial charge in [0.05, 0.1) is 0 Å². The Hall–Kier alpha value is -2.30. The summed E-state index contributed by atoms with van der Waals surface area (Å²) >= 11 is 0. The first-order valence-corrected chi connectivity index (χ1v) is 10.3. The summed E-state index contributed by atoms with van der Waals surface area (Å²) in [4.78, 5) is 16.9. The van der Waals surface area contributed by atoms with Crippen LogP contribution in [0.25, 0.3) is 0 Å². The van der Waals surface area contributed by atoms with Gasteiger partial charge in [-0.15, -0.1) is 0 Å². The standard InChI is InChI=1S/C22H31N5/c1-17-6-4-8-20(14-17)25-10-12-26(13-11-25)21-15-19(3)23-22(24-21)27-9-5-7-18(2)16-27/h4,6,8,14-15,18H,5,7,9-13,16H2,1-3H3. The van der Waals surface area contributed by atoms with E-state index in [1.165, 1.54) is 24.1 Å². The van der Waals surface area contributed by atoms with Gasteiger partial charge in [0, 0.05) is 56.7 Å². The second-order valence-corrected chi connectivity index (χ2v) is 8.17. The van der Waals surface area contributed by atoms with E-state index in [0.29, 0.717) is 0 Å². The molecule has 2 aliphatic rings. The predicted molar refractivity (Wildman–Crippen MR) is 113 cm³/mol. The molecule has 5 heteroatoms. The molecule has 0 N–H and O–H groups in total. The molecule has 1 aromatic carbocycles. The molecule has 144 valence electrons. The van der Waals surface area contributed by atoms with Crippen molar-refractivity contribution in [1.29, 1.82) is 0 Å². The third-order valence-electron chi connectivity index (χ3n) is 5.74. The van der Waals surface area contributed by atoms with Crippen molar-refractivity contribution in [2.75, 3.05) is 54.0 Å². The number of aromatic nitrogens is 2. The summed E-state index contributed by atoms with van der Waals surface area (Å²) in [5.74, 6) is 2.72. The smallest absolute Gasteiger partial charge is 0.227 e. The molecule has 2 fully saturated rings. The van der Waals surface area contributed by atoms with Gasteiger partial charge in [-0.25, -0.2) is 4.98 Å². The molecule has 0 amide bonds. The summed E-state index contributed by atoms with van der Waals surface area (Å²) in [6.45, 7) is 12.8. The van der Waals surface area contributed by atoms with Gasteiger partial charge in [-0.1, -0.05) is 19.1 Å². The van der Waals surface area contributed by atoms with Crippen LogP contribution in [0.15, 0.2) is 30.3 Å². The number of nitrogens with zero attached hydrogens (tertiary/aromatic N) is 5. The largest absolute Gasteiger partial charge is 0.368 e. The second kappa shape index (κ2) is 7.75. The molecule has 27 heavy (non-hydrogen) atoms. The molecule has 2 aromatic rings. The molecule has 0 bridgehead atoms. The van der Waals surface area contributed by atoms with Gasteiger partial charge < -0.3 is 14.7 Å². The normalized spacial score (nSPS) is 20.9. The number of benzene rings is 1. The maximum absolute atomic E-state index is 4.95. The number of piperazine rings is 1. The molecule has 1 atom stereocenters. The highest BCUT2D eigenvalue weighted by molar-refractivity contribution is 5.52. The molecule has 0 radical (unpaired) electrons. The van der Waals surface area contributed by atoms with Gasteiger partial charge in [0.1, 0.15) is 5.82 Å². The lowest BCUT2D eigenvalue weighted by atomic mass is 10.0. The van der Waals surface area contributed by atoms with Crippen LogP contribution < -0.4 is 14.7 Å². The molecular formula is C22H31N5. The van der Waals surface area contributed by atoms with Gasteiger partial charge in [0.15, 0.2) is 0 Å². The van der Waals surface area contributed by atoms with E-state index in [9.17, 15) is 0 Å². The minimum atomic E-state index is 0.726. The van der Waals surface area contributed by atoms with Crippen LogP contribution in [0.1, 0.15) is 31.0 Å². The van der Waals surface area contributed by atoms with Crippen molar-refractivity contribution >= 4 is 17.5 Å². The Balaban J connectivity index is 1.46. The zero-order valence-corrected chi connectivity index (χ0v) is 16.9. The fourth-order valence-corrected chi connectivity index (χ4v) is 4.23. The maximum Gasteiger partial charge on any atom is 0.227 e. The fraction of sp³-hybridized carbons (Fsp3) is 0.545. The van der Waals surface area contributed by atoms with Crippen molar-refractivity contribution in [2.24, 2.45) is 5.92 Å². The fourth-order valence-electron chi connectivity index (χ4n) is 4.23. The Kier molecular flexibility index (Phi) is 5.19. The third kappa shape index (κ3) is 4.18. The highest BCUT2D eigenvalue weighted by Crippen LogP contribution is 2.25. The van der Waals surface area contributed by atoms with E-state index < -0.39 is 0 Å². The van der Waals surface area contributed by atoms with E-state index in [4.69, 9.17) is 9.97 Å². The minimum absolute atomic E-state index is 0.726. The average molecular weight is 366 g/mol. The Labute approximate surface area is 163 Å². The van der Waals surface area contributed by atoms with Gasteiger partial charge in [-0.2, -0.15) is 4.98 Å². The van der Waals surface area contributed by atoms with Crippen LogP contribution in [0, 0.1) is 19.8 Å². The summed E-state index contributed by atoms with van der Waals surface area (Å²) in [7, 11) is 0. The molecule has 2 aliphatic heterocycles. The Morgan fingerprint density at radius 1 is 0.889 bits per heavy atom. The van der Waals surface area contributed by atoms with Crippen LogP contribution in [0.4, 0.5) is 17.5 Å². The van der Waals surface area contributed by atoms with Crippen molar-refractivity contribution in [3.05, 3.63) is 41.6 Å². The van der Waals surface area contributed by atoms with Crippen molar-refractivity contribution < 1.29 is 0 Å². The first kappa shape index (κ1) is 18.1. The van der Waals surface area contributed by atoms with E-state index in [0.717, 1.165) is 62.6 Å².